The van der Waals surface area contributed by atoms with Gasteiger partial charge in [0.15, 0.2) is 0 Å². The van der Waals surface area contributed by atoms with E-state index in [2.05, 4.69) is 26.0 Å². The summed E-state index contributed by atoms with van der Waals surface area (Å²) in [6.45, 7) is 0. The van der Waals surface area contributed by atoms with E-state index < -0.39 is 11.5 Å². The van der Waals surface area contributed by atoms with Crippen LogP contribution in [0.15, 0.2) is 53.0 Å². The zero-order valence-electron chi connectivity index (χ0n) is 14.1. The molecule has 2 aromatic carbocycles. The maximum absolute atomic E-state index is 12.8. The molecule has 6 heteroatoms. The lowest BCUT2D eigenvalue weighted by Gasteiger charge is -2.18. The minimum absolute atomic E-state index is 0.000303. The Kier molecular flexibility index (Phi) is 4.81. The minimum Gasteiger partial charge on any atom is -0.452 e. The molecule has 1 fully saturated rings. The maximum Gasteiger partial charge on any atom is 0.413 e. The molecule has 2 amide bonds. The van der Waals surface area contributed by atoms with Crippen molar-refractivity contribution in [3.63, 3.8) is 0 Å². The number of ether oxygens (including phenoxy) is 1. The maximum atomic E-state index is 12.8. The van der Waals surface area contributed by atoms with Crippen molar-refractivity contribution in [1.29, 1.82) is 0 Å². The first-order valence-electron chi connectivity index (χ1n) is 7.95. The van der Waals surface area contributed by atoms with Crippen LogP contribution in [0.3, 0.4) is 0 Å². The highest BCUT2D eigenvalue weighted by atomic mass is 79.9. The highest BCUT2D eigenvalue weighted by molar-refractivity contribution is 9.10. The molecule has 1 aliphatic rings. The van der Waals surface area contributed by atoms with Crippen LogP contribution in [0, 0.1) is 0 Å². The number of rotatable bonds is 4. The standard InChI is InChI=1S/C19H19BrN2O3/c1-22(18(24)25-2)16-8-6-15(7-9-16)21-17(23)19(10-11-19)13-4-3-5-14(20)12-13/h3-9,12H,10-11H2,1-2H3,(H,21,23). The molecule has 2 aromatic rings. The van der Waals surface area contributed by atoms with Crippen molar-refractivity contribution in [2.24, 2.45) is 0 Å². The highest BCUT2D eigenvalue weighted by Crippen LogP contribution is 2.49. The number of carbonyl (C=O) groups excluding carboxylic acids is 2. The number of anilines is 2. The normalized spacial score (nSPS) is 14.5. The third kappa shape index (κ3) is 3.54. The molecule has 1 aliphatic carbocycles. The predicted octanol–water partition coefficient (Wildman–Crippen LogP) is 4.32. The van der Waals surface area contributed by atoms with Gasteiger partial charge in [0, 0.05) is 22.9 Å². The molecule has 0 spiro atoms. The summed E-state index contributed by atoms with van der Waals surface area (Å²) in [6.07, 6.45) is 1.25. The second-order valence-corrected chi connectivity index (χ2v) is 7.04. The first kappa shape index (κ1) is 17.5. The molecule has 0 saturated heterocycles. The predicted molar refractivity (Wildman–Crippen MR) is 101 cm³/mol. The van der Waals surface area contributed by atoms with Crippen molar-refractivity contribution in [3.05, 3.63) is 58.6 Å². The van der Waals surface area contributed by atoms with Crippen LogP contribution in [-0.4, -0.2) is 26.2 Å². The highest BCUT2D eigenvalue weighted by Gasteiger charge is 2.51. The summed E-state index contributed by atoms with van der Waals surface area (Å²) >= 11 is 3.46. The van der Waals surface area contributed by atoms with Crippen LogP contribution in [-0.2, 0) is 14.9 Å². The smallest absolute Gasteiger partial charge is 0.413 e. The van der Waals surface area contributed by atoms with Gasteiger partial charge in [0.05, 0.1) is 12.5 Å². The summed E-state index contributed by atoms with van der Waals surface area (Å²) < 4.78 is 5.66. The van der Waals surface area contributed by atoms with Crippen LogP contribution in [0.25, 0.3) is 0 Å². The summed E-state index contributed by atoms with van der Waals surface area (Å²) in [5.41, 5.74) is 1.98. The first-order chi connectivity index (χ1) is 12.0. The molecule has 0 aromatic heterocycles. The van der Waals surface area contributed by atoms with Gasteiger partial charge in [0.1, 0.15) is 0 Å². The molecule has 0 unspecified atom stereocenters. The zero-order chi connectivity index (χ0) is 18.0. The van der Waals surface area contributed by atoms with Gasteiger partial charge in [-0.2, -0.15) is 0 Å². The van der Waals surface area contributed by atoms with Gasteiger partial charge in [-0.3, -0.25) is 9.69 Å². The fraction of sp³-hybridized carbons (Fsp3) is 0.263. The van der Waals surface area contributed by atoms with Crippen LogP contribution < -0.4 is 10.2 Å². The van der Waals surface area contributed by atoms with Crippen LogP contribution in [0.2, 0.25) is 0 Å². The second kappa shape index (κ2) is 6.88. The second-order valence-electron chi connectivity index (χ2n) is 6.12. The topological polar surface area (TPSA) is 58.6 Å². The van der Waals surface area contributed by atoms with Gasteiger partial charge in [-0.05, 0) is 54.8 Å². The van der Waals surface area contributed by atoms with Crippen molar-refractivity contribution < 1.29 is 14.3 Å². The fourth-order valence-corrected chi connectivity index (χ4v) is 3.22. The SMILES string of the molecule is COC(=O)N(C)c1ccc(NC(=O)C2(c3cccc(Br)c3)CC2)cc1. The number of halogens is 1. The molecule has 1 N–H and O–H groups in total. The van der Waals surface area contributed by atoms with E-state index >= 15 is 0 Å². The molecule has 3 rings (SSSR count). The monoisotopic (exact) mass is 402 g/mol. The largest absolute Gasteiger partial charge is 0.452 e. The van der Waals surface area contributed by atoms with Crippen molar-refractivity contribution >= 4 is 39.3 Å². The fourth-order valence-electron chi connectivity index (χ4n) is 2.82. The third-order valence-electron chi connectivity index (χ3n) is 4.52. The summed E-state index contributed by atoms with van der Waals surface area (Å²) in [4.78, 5) is 25.7. The summed E-state index contributed by atoms with van der Waals surface area (Å²) in [7, 11) is 2.97. The molecule has 25 heavy (non-hydrogen) atoms. The lowest BCUT2D eigenvalue weighted by Crippen LogP contribution is -2.28. The number of hydrogen-bond acceptors (Lipinski definition) is 3. The Balaban J connectivity index is 1.72. The van der Waals surface area contributed by atoms with Gasteiger partial charge >= 0.3 is 6.09 Å². The number of nitrogens with zero attached hydrogens (tertiary/aromatic N) is 1. The van der Waals surface area contributed by atoms with E-state index in [-0.39, 0.29) is 5.91 Å². The Morgan fingerprint density at radius 3 is 2.40 bits per heavy atom. The number of benzene rings is 2. The van der Waals surface area contributed by atoms with Gasteiger partial charge in [0.2, 0.25) is 5.91 Å². The van der Waals surface area contributed by atoms with E-state index in [9.17, 15) is 9.59 Å². The van der Waals surface area contributed by atoms with Gasteiger partial charge in [0.25, 0.3) is 0 Å². The van der Waals surface area contributed by atoms with Crippen molar-refractivity contribution in [2.75, 3.05) is 24.4 Å². The van der Waals surface area contributed by atoms with Crippen LogP contribution in [0.4, 0.5) is 16.2 Å². The number of hydrogen-bond donors (Lipinski definition) is 1. The molecule has 0 atom stereocenters. The summed E-state index contributed by atoms with van der Waals surface area (Å²) in [5.74, 6) is -0.000303. The van der Waals surface area contributed by atoms with Crippen molar-refractivity contribution in [1.82, 2.24) is 0 Å². The van der Waals surface area contributed by atoms with Crippen molar-refractivity contribution in [3.8, 4) is 0 Å². The average Bonchev–Trinajstić information content (AvgIpc) is 3.43. The molecule has 0 aliphatic heterocycles. The Morgan fingerprint density at radius 2 is 1.84 bits per heavy atom. The lowest BCUT2D eigenvalue weighted by molar-refractivity contribution is -0.118. The number of methoxy groups -OCH3 is 1. The number of nitrogens with one attached hydrogen (secondary N) is 1. The summed E-state index contributed by atoms with van der Waals surface area (Å²) in [6, 6.07) is 15.0. The van der Waals surface area contributed by atoms with E-state index in [4.69, 9.17) is 0 Å². The molecule has 0 bridgehead atoms. The quantitative estimate of drug-likeness (QED) is 0.827. The Morgan fingerprint density at radius 1 is 1.16 bits per heavy atom. The molecule has 0 heterocycles. The van der Waals surface area contributed by atoms with E-state index in [0.29, 0.717) is 11.4 Å². The Labute approximate surface area is 155 Å². The van der Waals surface area contributed by atoms with Crippen molar-refractivity contribution in [2.45, 2.75) is 18.3 Å². The van der Waals surface area contributed by atoms with Crippen LogP contribution >= 0.6 is 15.9 Å². The Bertz CT molecular complexity index is 801. The molecular formula is C19H19BrN2O3. The number of amides is 2. The van der Waals surface area contributed by atoms with Gasteiger partial charge in [-0.1, -0.05) is 28.1 Å². The van der Waals surface area contributed by atoms with Gasteiger partial charge in [-0.25, -0.2) is 4.79 Å². The molecular weight excluding hydrogens is 384 g/mol. The van der Waals surface area contributed by atoms with E-state index in [1.807, 2.05) is 24.3 Å². The van der Waals surface area contributed by atoms with Gasteiger partial charge in [-0.15, -0.1) is 0 Å². The van der Waals surface area contributed by atoms with E-state index in [1.54, 1.807) is 31.3 Å². The molecule has 1 saturated carbocycles. The van der Waals surface area contributed by atoms with Crippen LogP contribution in [0.5, 0.6) is 0 Å². The van der Waals surface area contributed by atoms with E-state index in [0.717, 1.165) is 22.9 Å². The molecule has 0 radical (unpaired) electrons. The van der Waals surface area contributed by atoms with E-state index in [1.165, 1.54) is 12.0 Å². The summed E-state index contributed by atoms with van der Waals surface area (Å²) in [5, 5.41) is 2.98. The zero-order valence-corrected chi connectivity index (χ0v) is 15.7. The Hall–Kier alpha value is -2.34. The first-order valence-corrected chi connectivity index (χ1v) is 8.75. The molecule has 5 nitrogen and oxygen atoms in total. The number of carbonyl (C=O) groups is 2. The molecule has 130 valence electrons. The van der Waals surface area contributed by atoms with Gasteiger partial charge < -0.3 is 10.1 Å². The lowest BCUT2D eigenvalue weighted by atomic mass is 9.95. The van der Waals surface area contributed by atoms with Crippen LogP contribution in [0.1, 0.15) is 18.4 Å². The third-order valence-corrected chi connectivity index (χ3v) is 5.02. The average molecular weight is 403 g/mol. The minimum atomic E-state index is -0.441.